The first kappa shape index (κ1) is 17.2. The van der Waals surface area contributed by atoms with E-state index >= 15 is 0 Å². The van der Waals surface area contributed by atoms with Gasteiger partial charge in [-0.1, -0.05) is 31.5 Å². The molecule has 2 aliphatic rings. The maximum atomic E-state index is 13.3. The van der Waals surface area contributed by atoms with Gasteiger partial charge in [0.25, 0.3) is 5.91 Å². The summed E-state index contributed by atoms with van der Waals surface area (Å²) >= 11 is 1.44. The second-order valence-corrected chi connectivity index (χ2v) is 8.37. The SMILES string of the molecule is CCC[C@@H]1N(C(=O)c2sc(C)nc2C)CC[C@]12C(=O)Nc1ccccc12. The highest BCUT2D eigenvalue weighted by atomic mass is 32.1. The summed E-state index contributed by atoms with van der Waals surface area (Å²) in [4.78, 5) is 33.4. The number of aryl methyl sites for hydroxylation is 2. The molecule has 1 aromatic carbocycles. The number of hydrogen-bond donors (Lipinski definition) is 1. The van der Waals surface area contributed by atoms with Crippen molar-refractivity contribution in [2.45, 2.75) is 51.5 Å². The fraction of sp³-hybridized carbons (Fsp3) is 0.450. The molecule has 3 heterocycles. The number of aromatic nitrogens is 1. The van der Waals surface area contributed by atoms with Crippen molar-refractivity contribution in [3.63, 3.8) is 0 Å². The summed E-state index contributed by atoms with van der Waals surface area (Å²) in [7, 11) is 0. The van der Waals surface area contributed by atoms with Gasteiger partial charge < -0.3 is 10.2 Å². The lowest BCUT2D eigenvalue weighted by Crippen LogP contribution is -2.48. The van der Waals surface area contributed by atoms with Gasteiger partial charge in [0.1, 0.15) is 4.88 Å². The summed E-state index contributed by atoms with van der Waals surface area (Å²) in [6.45, 7) is 6.51. The Balaban J connectivity index is 1.77. The number of anilines is 1. The van der Waals surface area contributed by atoms with Crippen LogP contribution in [0.2, 0.25) is 0 Å². The van der Waals surface area contributed by atoms with Gasteiger partial charge >= 0.3 is 0 Å². The first-order chi connectivity index (χ1) is 12.5. The van der Waals surface area contributed by atoms with Gasteiger partial charge in [-0.15, -0.1) is 11.3 Å². The fourth-order valence-corrected chi connectivity index (χ4v) is 5.46. The van der Waals surface area contributed by atoms with Crippen LogP contribution in [0.25, 0.3) is 0 Å². The monoisotopic (exact) mass is 369 g/mol. The van der Waals surface area contributed by atoms with Gasteiger partial charge in [-0.25, -0.2) is 4.98 Å². The predicted molar refractivity (Wildman–Crippen MR) is 103 cm³/mol. The number of rotatable bonds is 3. The zero-order valence-electron chi connectivity index (χ0n) is 15.3. The molecule has 1 spiro atoms. The summed E-state index contributed by atoms with van der Waals surface area (Å²) in [6, 6.07) is 7.78. The van der Waals surface area contributed by atoms with Gasteiger partial charge in [0.2, 0.25) is 5.91 Å². The molecule has 4 rings (SSSR count). The number of nitrogens with zero attached hydrogens (tertiary/aromatic N) is 2. The van der Waals surface area contributed by atoms with Crippen molar-refractivity contribution in [1.82, 2.24) is 9.88 Å². The Morgan fingerprint density at radius 2 is 2.15 bits per heavy atom. The molecule has 0 unspecified atom stereocenters. The average Bonchev–Trinajstić information content (AvgIpc) is 3.24. The molecular formula is C20H23N3O2S. The highest BCUT2D eigenvalue weighted by Crippen LogP contribution is 2.49. The third-order valence-corrected chi connectivity index (χ3v) is 6.73. The highest BCUT2D eigenvalue weighted by Gasteiger charge is 2.58. The Labute approximate surface area is 157 Å². The number of benzene rings is 1. The van der Waals surface area contributed by atoms with E-state index in [9.17, 15) is 9.59 Å². The van der Waals surface area contributed by atoms with Crippen LogP contribution >= 0.6 is 11.3 Å². The molecule has 1 fully saturated rings. The molecule has 1 N–H and O–H groups in total. The third kappa shape index (κ3) is 2.31. The largest absolute Gasteiger partial charge is 0.333 e. The molecule has 5 nitrogen and oxygen atoms in total. The Kier molecular flexibility index (Phi) is 4.10. The lowest BCUT2D eigenvalue weighted by atomic mass is 9.73. The molecule has 2 aromatic rings. The molecule has 0 radical (unpaired) electrons. The Morgan fingerprint density at radius 1 is 1.38 bits per heavy atom. The molecular weight excluding hydrogens is 346 g/mol. The molecule has 2 amide bonds. The molecule has 1 saturated heterocycles. The molecule has 6 heteroatoms. The minimum atomic E-state index is -0.629. The number of para-hydroxylation sites is 1. The molecule has 0 aliphatic carbocycles. The molecule has 2 atom stereocenters. The first-order valence-corrected chi connectivity index (χ1v) is 9.96. The summed E-state index contributed by atoms with van der Waals surface area (Å²) in [5.41, 5.74) is 2.08. The maximum absolute atomic E-state index is 13.3. The number of nitrogens with one attached hydrogen (secondary N) is 1. The summed E-state index contributed by atoms with van der Waals surface area (Å²) in [5, 5.41) is 3.95. The van der Waals surface area contributed by atoms with E-state index in [-0.39, 0.29) is 17.9 Å². The summed E-state index contributed by atoms with van der Waals surface area (Å²) in [6.07, 6.45) is 2.40. The van der Waals surface area contributed by atoms with Gasteiger partial charge in [0, 0.05) is 12.2 Å². The van der Waals surface area contributed by atoms with Crippen LogP contribution < -0.4 is 5.32 Å². The Hall–Kier alpha value is -2.21. The van der Waals surface area contributed by atoms with Crippen LogP contribution in [0.3, 0.4) is 0 Å². The number of carbonyl (C=O) groups excluding carboxylic acids is 2. The molecule has 136 valence electrons. The standard InChI is InChI=1S/C20H23N3O2S/c1-4-7-16-20(14-8-5-6-9-15(14)22-19(20)25)10-11-23(16)18(24)17-12(2)21-13(3)26-17/h5-6,8-9,16H,4,7,10-11H2,1-3H3,(H,22,25)/t16-,20+/m0/s1. The molecule has 2 aliphatic heterocycles. The Bertz CT molecular complexity index is 891. The first-order valence-electron chi connectivity index (χ1n) is 9.15. The van der Waals surface area contributed by atoms with E-state index in [4.69, 9.17) is 0 Å². The van der Waals surface area contributed by atoms with E-state index in [2.05, 4.69) is 17.2 Å². The van der Waals surface area contributed by atoms with Crippen LogP contribution in [-0.2, 0) is 10.2 Å². The van der Waals surface area contributed by atoms with Gasteiger partial charge in [-0.05, 0) is 38.3 Å². The molecule has 0 saturated carbocycles. The molecule has 26 heavy (non-hydrogen) atoms. The topological polar surface area (TPSA) is 62.3 Å². The average molecular weight is 369 g/mol. The van der Waals surface area contributed by atoms with Gasteiger partial charge in [-0.3, -0.25) is 9.59 Å². The number of fused-ring (bicyclic) bond motifs is 2. The normalized spacial score (nSPS) is 24.2. The van der Waals surface area contributed by atoms with Crippen LogP contribution in [0.4, 0.5) is 5.69 Å². The number of amides is 2. The van der Waals surface area contributed by atoms with E-state index in [1.54, 1.807) is 0 Å². The van der Waals surface area contributed by atoms with E-state index in [1.807, 2.05) is 43.0 Å². The van der Waals surface area contributed by atoms with Crippen LogP contribution in [0.1, 0.15) is 52.1 Å². The van der Waals surface area contributed by atoms with Gasteiger partial charge in [-0.2, -0.15) is 0 Å². The van der Waals surface area contributed by atoms with E-state index < -0.39 is 5.41 Å². The van der Waals surface area contributed by atoms with Crippen LogP contribution in [0, 0.1) is 13.8 Å². The zero-order chi connectivity index (χ0) is 18.5. The van der Waals surface area contributed by atoms with Crippen LogP contribution in [0.5, 0.6) is 0 Å². The van der Waals surface area contributed by atoms with Crippen molar-refractivity contribution in [3.05, 3.63) is 45.4 Å². The van der Waals surface area contributed by atoms with Crippen molar-refractivity contribution in [2.24, 2.45) is 0 Å². The number of hydrogen-bond acceptors (Lipinski definition) is 4. The minimum Gasteiger partial charge on any atom is -0.333 e. The summed E-state index contributed by atoms with van der Waals surface area (Å²) < 4.78 is 0. The minimum absolute atomic E-state index is 0.0145. The highest BCUT2D eigenvalue weighted by molar-refractivity contribution is 7.13. The third-order valence-electron chi connectivity index (χ3n) is 5.67. The molecule has 0 bridgehead atoms. The fourth-order valence-electron chi connectivity index (χ4n) is 4.58. The van der Waals surface area contributed by atoms with Crippen molar-refractivity contribution in [1.29, 1.82) is 0 Å². The van der Waals surface area contributed by atoms with Crippen molar-refractivity contribution >= 4 is 28.8 Å². The molecule has 1 aromatic heterocycles. The number of thiazole rings is 1. The van der Waals surface area contributed by atoms with Crippen molar-refractivity contribution in [2.75, 3.05) is 11.9 Å². The van der Waals surface area contributed by atoms with Crippen molar-refractivity contribution in [3.8, 4) is 0 Å². The maximum Gasteiger partial charge on any atom is 0.266 e. The Morgan fingerprint density at radius 3 is 2.85 bits per heavy atom. The number of likely N-dealkylation sites (tertiary alicyclic amines) is 1. The van der Waals surface area contributed by atoms with Crippen LogP contribution in [0.15, 0.2) is 24.3 Å². The van der Waals surface area contributed by atoms with E-state index in [0.717, 1.165) is 34.8 Å². The van der Waals surface area contributed by atoms with Crippen molar-refractivity contribution < 1.29 is 9.59 Å². The quantitative estimate of drug-likeness (QED) is 0.898. The van der Waals surface area contributed by atoms with E-state index in [0.29, 0.717) is 17.8 Å². The summed E-state index contributed by atoms with van der Waals surface area (Å²) in [5.74, 6) is 0.0465. The van der Waals surface area contributed by atoms with Crippen LogP contribution in [-0.4, -0.2) is 34.3 Å². The lowest BCUT2D eigenvalue weighted by molar-refractivity contribution is -0.121. The van der Waals surface area contributed by atoms with E-state index in [1.165, 1.54) is 11.3 Å². The second-order valence-electron chi connectivity index (χ2n) is 7.17. The van der Waals surface area contributed by atoms with Gasteiger partial charge in [0.15, 0.2) is 0 Å². The predicted octanol–water partition coefficient (Wildman–Crippen LogP) is 3.66. The smallest absolute Gasteiger partial charge is 0.266 e. The lowest BCUT2D eigenvalue weighted by Gasteiger charge is -2.33. The zero-order valence-corrected chi connectivity index (χ0v) is 16.2. The van der Waals surface area contributed by atoms with Gasteiger partial charge in [0.05, 0.1) is 22.2 Å². The second kappa shape index (κ2) is 6.20. The number of carbonyl (C=O) groups is 2.